The summed E-state index contributed by atoms with van der Waals surface area (Å²) in [6, 6.07) is 4.12. The molecule has 1 aromatic rings. The van der Waals surface area contributed by atoms with E-state index in [1.807, 2.05) is 0 Å². The highest BCUT2D eigenvalue weighted by molar-refractivity contribution is 5.78. The number of carbonyl (C=O) groups excluding carboxylic acids is 1. The average Bonchev–Trinajstić information content (AvgIpc) is 2.37. The van der Waals surface area contributed by atoms with Gasteiger partial charge in [-0.05, 0) is 11.6 Å². The molecule has 1 amide bonds. The summed E-state index contributed by atoms with van der Waals surface area (Å²) >= 11 is 0. The highest BCUT2D eigenvalue weighted by Crippen LogP contribution is 2.29. The van der Waals surface area contributed by atoms with Crippen molar-refractivity contribution >= 4 is 5.91 Å². The number of carbonyl (C=O) groups is 1. The summed E-state index contributed by atoms with van der Waals surface area (Å²) in [4.78, 5) is 12.5. The maximum Gasteiger partial charge on any atom is 0.416 e. The van der Waals surface area contributed by atoms with Gasteiger partial charge >= 0.3 is 6.18 Å². The third-order valence-corrected chi connectivity index (χ3v) is 2.69. The molecule has 0 saturated heterocycles. The first-order valence-corrected chi connectivity index (χ1v) is 6.07. The van der Waals surface area contributed by atoms with Crippen molar-refractivity contribution in [2.75, 3.05) is 19.7 Å². The number of benzene rings is 1. The van der Waals surface area contributed by atoms with Crippen LogP contribution in [-0.2, 0) is 17.4 Å². The molecule has 0 aromatic heterocycles. The number of aliphatic hydroxyl groups excluding tert-OH is 1. The Balaban J connectivity index is 2.81. The Morgan fingerprint density at radius 3 is 2.48 bits per heavy atom. The Morgan fingerprint density at radius 1 is 1.29 bits per heavy atom. The van der Waals surface area contributed by atoms with E-state index in [-0.39, 0.29) is 12.1 Å². The number of rotatable bonds is 6. The molecule has 0 atom stereocenters. The van der Waals surface area contributed by atoms with Crippen molar-refractivity contribution in [2.45, 2.75) is 19.0 Å². The normalized spacial score (nSPS) is 11.8. The lowest BCUT2D eigenvalue weighted by molar-refractivity contribution is -0.138. The molecule has 118 valence electrons. The van der Waals surface area contributed by atoms with Crippen LogP contribution in [0.3, 0.4) is 0 Å². The summed E-state index contributed by atoms with van der Waals surface area (Å²) in [5.41, 5.74) is -0.831. The Labute approximate surface area is 118 Å². The second-order valence-corrected chi connectivity index (χ2v) is 4.33. The van der Waals surface area contributed by atoms with Gasteiger partial charge in [0, 0.05) is 6.54 Å². The van der Waals surface area contributed by atoms with Crippen LogP contribution in [0.15, 0.2) is 24.3 Å². The number of hydrogen-bond donors (Lipinski definition) is 1. The number of amides is 1. The summed E-state index contributed by atoms with van der Waals surface area (Å²) < 4.78 is 62.2. The van der Waals surface area contributed by atoms with E-state index in [1.165, 1.54) is 6.07 Å². The van der Waals surface area contributed by atoms with Gasteiger partial charge < -0.3 is 10.0 Å². The molecule has 1 rings (SSSR count). The van der Waals surface area contributed by atoms with Gasteiger partial charge in [-0.25, -0.2) is 8.78 Å². The lowest BCUT2D eigenvalue weighted by atomic mass is 10.1. The minimum atomic E-state index is -4.53. The van der Waals surface area contributed by atoms with E-state index in [9.17, 15) is 26.7 Å². The van der Waals surface area contributed by atoms with Gasteiger partial charge in [0.2, 0.25) is 5.91 Å². The molecule has 0 spiro atoms. The first-order chi connectivity index (χ1) is 9.74. The van der Waals surface area contributed by atoms with Crippen LogP contribution in [0.25, 0.3) is 0 Å². The third-order valence-electron chi connectivity index (χ3n) is 2.69. The lowest BCUT2D eigenvalue weighted by Crippen LogP contribution is -2.38. The summed E-state index contributed by atoms with van der Waals surface area (Å²) in [5.74, 6) is -0.760. The lowest BCUT2D eigenvalue weighted by Gasteiger charge is -2.21. The van der Waals surface area contributed by atoms with Crippen molar-refractivity contribution in [3.8, 4) is 0 Å². The smallest absolute Gasteiger partial charge is 0.395 e. The molecule has 0 unspecified atom stereocenters. The van der Waals surface area contributed by atoms with E-state index in [0.29, 0.717) is 0 Å². The van der Waals surface area contributed by atoms with Crippen LogP contribution < -0.4 is 0 Å². The predicted octanol–water partition coefficient (Wildman–Crippen LogP) is 2.33. The Kier molecular flexibility index (Phi) is 6.07. The van der Waals surface area contributed by atoms with Crippen LogP contribution in [0.2, 0.25) is 0 Å². The first-order valence-electron chi connectivity index (χ1n) is 6.07. The van der Waals surface area contributed by atoms with Gasteiger partial charge in [0.25, 0.3) is 6.43 Å². The minimum Gasteiger partial charge on any atom is -0.395 e. The number of nitrogens with zero attached hydrogens (tertiary/aromatic N) is 1. The van der Waals surface area contributed by atoms with Gasteiger partial charge in [-0.2, -0.15) is 13.2 Å². The molecule has 8 heteroatoms. The van der Waals surface area contributed by atoms with E-state index in [1.54, 1.807) is 0 Å². The summed E-state index contributed by atoms with van der Waals surface area (Å²) in [5, 5.41) is 8.73. The van der Waals surface area contributed by atoms with Crippen LogP contribution >= 0.6 is 0 Å². The van der Waals surface area contributed by atoms with E-state index >= 15 is 0 Å². The van der Waals surface area contributed by atoms with Crippen molar-refractivity contribution in [3.63, 3.8) is 0 Å². The van der Waals surface area contributed by atoms with Gasteiger partial charge in [0.1, 0.15) is 0 Å². The number of hydrogen-bond acceptors (Lipinski definition) is 2. The second-order valence-electron chi connectivity index (χ2n) is 4.33. The fourth-order valence-corrected chi connectivity index (χ4v) is 1.75. The molecule has 0 bridgehead atoms. The van der Waals surface area contributed by atoms with Gasteiger partial charge in [0.05, 0.1) is 25.1 Å². The molecule has 21 heavy (non-hydrogen) atoms. The van der Waals surface area contributed by atoms with E-state index in [4.69, 9.17) is 5.11 Å². The molecule has 0 saturated carbocycles. The van der Waals surface area contributed by atoms with E-state index < -0.39 is 43.6 Å². The average molecular weight is 311 g/mol. The molecular formula is C13H14F5NO2. The van der Waals surface area contributed by atoms with Crippen molar-refractivity contribution in [1.82, 2.24) is 4.90 Å². The van der Waals surface area contributed by atoms with Crippen LogP contribution in [0.5, 0.6) is 0 Å². The number of halogens is 5. The monoisotopic (exact) mass is 311 g/mol. The van der Waals surface area contributed by atoms with Crippen molar-refractivity contribution in [2.24, 2.45) is 0 Å². The highest BCUT2D eigenvalue weighted by atomic mass is 19.4. The molecule has 1 N–H and O–H groups in total. The van der Waals surface area contributed by atoms with Gasteiger partial charge in [-0.1, -0.05) is 18.2 Å². The third kappa shape index (κ3) is 5.66. The number of aliphatic hydroxyl groups is 1. The fourth-order valence-electron chi connectivity index (χ4n) is 1.75. The fraction of sp³-hybridized carbons (Fsp3) is 0.462. The van der Waals surface area contributed by atoms with Crippen LogP contribution in [0.4, 0.5) is 22.0 Å². The molecule has 0 radical (unpaired) electrons. The predicted molar refractivity (Wildman–Crippen MR) is 64.8 cm³/mol. The first kappa shape index (κ1) is 17.4. The highest BCUT2D eigenvalue weighted by Gasteiger charge is 2.30. The quantitative estimate of drug-likeness (QED) is 0.819. The molecular weight excluding hydrogens is 297 g/mol. The van der Waals surface area contributed by atoms with Crippen molar-refractivity contribution < 1.29 is 31.9 Å². The number of alkyl halides is 5. The molecule has 0 aliphatic rings. The zero-order valence-corrected chi connectivity index (χ0v) is 10.9. The van der Waals surface area contributed by atoms with Crippen LogP contribution in [0.1, 0.15) is 11.1 Å². The standard InChI is InChI=1S/C13H14F5NO2/c14-11(15)8-19(4-5-20)12(21)7-9-2-1-3-10(6-9)13(16,17)18/h1-3,6,11,20H,4-5,7-8H2. The Hall–Kier alpha value is -1.70. The molecule has 3 nitrogen and oxygen atoms in total. The Morgan fingerprint density at radius 2 is 1.95 bits per heavy atom. The maximum atomic E-state index is 12.5. The Bertz CT molecular complexity index is 476. The largest absolute Gasteiger partial charge is 0.416 e. The second kappa shape index (κ2) is 7.35. The summed E-state index contributed by atoms with van der Waals surface area (Å²) in [6.07, 6.45) is -7.74. The summed E-state index contributed by atoms with van der Waals surface area (Å²) in [6.45, 7) is -1.65. The van der Waals surface area contributed by atoms with E-state index in [2.05, 4.69) is 0 Å². The molecule has 0 aliphatic carbocycles. The van der Waals surface area contributed by atoms with Gasteiger partial charge in [-0.15, -0.1) is 0 Å². The van der Waals surface area contributed by atoms with Gasteiger partial charge in [0.15, 0.2) is 0 Å². The molecule has 0 heterocycles. The van der Waals surface area contributed by atoms with E-state index in [0.717, 1.165) is 23.1 Å². The zero-order chi connectivity index (χ0) is 16.0. The molecule has 1 aromatic carbocycles. The van der Waals surface area contributed by atoms with Gasteiger partial charge in [-0.3, -0.25) is 4.79 Å². The SMILES string of the molecule is O=C(Cc1cccc(C(F)(F)F)c1)N(CCO)CC(F)F. The van der Waals surface area contributed by atoms with Crippen molar-refractivity contribution in [3.05, 3.63) is 35.4 Å². The topological polar surface area (TPSA) is 40.5 Å². The maximum absolute atomic E-state index is 12.5. The molecule has 0 aliphatic heterocycles. The van der Waals surface area contributed by atoms with Crippen LogP contribution in [0, 0.1) is 0 Å². The zero-order valence-electron chi connectivity index (χ0n) is 10.9. The summed E-state index contributed by atoms with van der Waals surface area (Å²) in [7, 11) is 0. The van der Waals surface area contributed by atoms with Crippen LogP contribution in [-0.4, -0.2) is 42.0 Å². The molecule has 0 fully saturated rings. The minimum absolute atomic E-state index is 0.0760. The van der Waals surface area contributed by atoms with Crippen molar-refractivity contribution in [1.29, 1.82) is 0 Å².